The Kier molecular flexibility index (Phi) is 5.31. The molecule has 7 heteroatoms. The van der Waals surface area contributed by atoms with E-state index in [2.05, 4.69) is 10.5 Å². The zero-order chi connectivity index (χ0) is 14.5. The second-order valence-electron chi connectivity index (χ2n) is 4.56. The summed E-state index contributed by atoms with van der Waals surface area (Å²) < 4.78 is 22.2. The average Bonchev–Trinajstić information content (AvgIpc) is 2.34. The summed E-state index contributed by atoms with van der Waals surface area (Å²) in [7, 11) is -2.97. The molecule has 1 unspecified atom stereocenters. The van der Waals surface area contributed by atoms with E-state index < -0.39 is 9.84 Å². The number of nitrogens with two attached hydrogens (primary N) is 1. The average molecular weight is 285 g/mol. The van der Waals surface area contributed by atoms with Gasteiger partial charge in [-0.2, -0.15) is 0 Å². The predicted octanol–water partition coefficient (Wildman–Crippen LogP) is 0.304. The minimum atomic E-state index is -2.97. The molecular formula is C12H19N3O3S. The SMILES string of the molecule is CC(CS(C)(=O)=O)NCc1ccc(C(N)=NO)cc1. The van der Waals surface area contributed by atoms with Crippen LogP contribution in [-0.4, -0.2) is 37.5 Å². The van der Waals surface area contributed by atoms with E-state index in [9.17, 15) is 8.42 Å². The van der Waals surface area contributed by atoms with Gasteiger partial charge in [-0.05, 0) is 12.5 Å². The molecule has 0 bridgehead atoms. The van der Waals surface area contributed by atoms with Gasteiger partial charge in [0.1, 0.15) is 9.84 Å². The topological polar surface area (TPSA) is 105 Å². The first-order valence-corrected chi connectivity index (χ1v) is 7.86. The quantitative estimate of drug-likeness (QED) is 0.302. The molecule has 1 aromatic carbocycles. The number of benzene rings is 1. The molecule has 0 saturated carbocycles. The highest BCUT2D eigenvalue weighted by molar-refractivity contribution is 7.90. The Morgan fingerprint density at radius 3 is 2.47 bits per heavy atom. The standard InChI is InChI=1S/C12H19N3O3S/c1-9(8-19(2,17)18)14-7-10-3-5-11(6-4-10)12(13)15-16/h3-6,9,14,16H,7-8H2,1-2H3,(H2,13,15). The van der Waals surface area contributed by atoms with Crippen LogP contribution < -0.4 is 11.1 Å². The van der Waals surface area contributed by atoms with Gasteiger partial charge < -0.3 is 16.3 Å². The zero-order valence-electron chi connectivity index (χ0n) is 11.0. The summed E-state index contributed by atoms with van der Waals surface area (Å²) in [4.78, 5) is 0. The van der Waals surface area contributed by atoms with Crippen LogP contribution in [0.1, 0.15) is 18.1 Å². The van der Waals surface area contributed by atoms with E-state index in [0.29, 0.717) is 12.1 Å². The van der Waals surface area contributed by atoms with Crippen molar-refractivity contribution in [1.29, 1.82) is 0 Å². The molecular weight excluding hydrogens is 266 g/mol. The van der Waals surface area contributed by atoms with E-state index in [4.69, 9.17) is 10.9 Å². The Morgan fingerprint density at radius 1 is 1.42 bits per heavy atom. The van der Waals surface area contributed by atoms with Gasteiger partial charge in [-0.1, -0.05) is 29.4 Å². The monoisotopic (exact) mass is 285 g/mol. The number of oxime groups is 1. The highest BCUT2D eigenvalue weighted by Gasteiger charge is 2.09. The van der Waals surface area contributed by atoms with Crippen molar-refractivity contribution in [3.63, 3.8) is 0 Å². The lowest BCUT2D eigenvalue weighted by atomic mass is 10.1. The molecule has 1 rings (SSSR count). The lowest BCUT2D eigenvalue weighted by Crippen LogP contribution is -2.32. The van der Waals surface area contributed by atoms with Gasteiger partial charge in [-0.15, -0.1) is 0 Å². The van der Waals surface area contributed by atoms with Gasteiger partial charge in [0.05, 0.1) is 5.75 Å². The Hall–Kier alpha value is -1.60. The van der Waals surface area contributed by atoms with Gasteiger partial charge in [-0.25, -0.2) is 8.42 Å². The van der Waals surface area contributed by atoms with Crippen molar-refractivity contribution in [1.82, 2.24) is 5.32 Å². The highest BCUT2D eigenvalue weighted by atomic mass is 32.2. The molecule has 0 spiro atoms. The molecule has 4 N–H and O–H groups in total. The van der Waals surface area contributed by atoms with Crippen LogP contribution in [0.4, 0.5) is 0 Å². The van der Waals surface area contributed by atoms with Gasteiger partial charge in [0, 0.05) is 24.4 Å². The van der Waals surface area contributed by atoms with Crippen molar-refractivity contribution in [2.75, 3.05) is 12.0 Å². The molecule has 0 aliphatic rings. The maximum absolute atomic E-state index is 11.1. The molecule has 0 saturated heterocycles. The summed E-state index contributed by atoms with van der Waals surface area (Å²) in [5, 5.41) is 14.6. The van der Waals surface area contributed by atoms with Crippen LogP contribution >= 0.6 is 0 Å². The van der Waals surface area contributed by atoms with E-state index in [1.165, 1.54) is 6.26 Å². The first-order chi connectivity index (χ1) is 8.81. The number of nitrogens with zero attached hydrogens (tertiary/aromatic N) is 1. The molecule has 0 aliphatic carbocycles. The van der Waals surface area contributed by atoms with Crippen LogP contribution in [0.15, 0.2) is 29.4 Å². The zero-order valence-corrected chi connectivity index (χ0v) is 11.8. The summed E-state index contributed by atoms with van der Waals surface area (Å²) >= 11 is 0. The fraction of sp³-hybridized carbons (Fsp3) is 0.417. The predicted molar refractivity (Wildman–Crippen MR) is 75.0 cm³/mol. The molecule has 1 atom stereocenters. The molecule has 19 heavy (non-hydrogen) atoms. The van der Waals surface area contributed by atoms with Crippen LogP contribution in [0.2, 0.25) is 0 Å². The normalized spacial score (nSPS) is 14.3. The van der Waals surface area contributed by atoms with Crippen molar-refractivity contribution in [3.05, 3.63) is 35.4 Å². The van der Waals surface area contributed by atoms with Crippen LogP contribution in [-0.2, 0) is 16.4 Å². The first kappa shape index (κ1) is 15.5. The summed E-state index contributed by atoms with van der Waals surface area (Å²) in [5.74, 6) is 0.166. The largest absolute Gasteiger partial charge is 0.409 e. The second-order valence-corrected chi connectivity index (χ2v) is 6.74. The molecule has 0 aromatic heterocycles. The molecule has 106 valence electrons. The van der Waals surface area contributed by atoms with Gasteiger partial charge in [-0.3, -0.25) is 0 Å². The number of sulfone groups is 1. The molecule has 0 radical (unpaired) electrons. The number of amidine groups is 1. The molecule has 1 aromatic rings. The van der Waals surface area contributed by atoms with E-state index in [0.717, 1.165) is 5.56 Å². The molecule has 0 amide bonds. The minimum Gasteiger partial charge on any atom is -0.409 e. The summed E-state index contributed by atoms with van der Waals surface area (Å²) in [5.41, 5.74) is 7.08. The highest BCUT2D eigenvalue weighted by Crippen LogP contribution is 2.04. The molecule has 6 nitrogen and oxygen atoms in total. The first-order valence-electron chi connectivity index (χ1n) is 5.80. The maximum Gasteiger partial charge on any atom is 0.170 e. The summed E-state index contributed by atoms with van der Waals surface area (Å²) in [6, 6.07) is 7.06. The van der Waals surface area contributed by atoms with E-state index >= 15 is 0 Å². The Bertz CT molecular complexity index is 538. The van der Waals surface area contributed by atoms with Crippen molar-refractivity contribution in [2.24, 2.45) is 10.9 Å². The summed E-state index contributed by atoms with van der Waals surface area (Å²) in [6.45, 7) is 2.39. The Morgan fingerprint density at radius 2 is 2.00 bits per heavy atom. The van der Waals surface area contributed by atoms with Gasteiger partial charge >= 0.3 is 0 Å². The van der Waals surface area contributed by atoms with Crippen molar-refractivity contribution < 1.29 is 13.6 Å². The van der Waals surface area contributed by atoms with Crippen molar-refractivity contribution in [3.8, 4) is 0 Å². The fourth-order valence-corrected chi connectivity index (χ4v) is 2.68. The third-order valence-electron chi connectivity index (χ3n) is 2.56. The van der Waals surface area contributed by atoms with Gasteiger partial charge in [0.15, 0.2) is 5.84 Å². The molecule has 0 fully saturated rings. The molecule has 0 aliphatic heterocycles. The van der Waals surface area contributed by atoms with Crippen LogP contribution in [0.3, 0.4) is 0 Å². The van der Waals surface area contributed by atoms with Crippen LogP contribution in [0, 0.1) is 0 Å². The van der Waals surface area contributed by atoms with Crippen molar-refractivity contribution >= 4 is 15.7 Å². The Labute approximate surface area is 113 Å². The van der Waals surface area contributed by atoms with E-state index in [-0.39, 0.29) is 17.6 Å². The van der Waals surface area contributed by atoms with Gasteiger partial charge in [0.25, 0.3) is 0 Å². The minimum absolute atomic E-state index is 0.0601. The molecule has 0 heterocycles. The lowest BCUT2D eigenvalue weighted by molar-refractivity contribution is 0.318. The van der Waals surface area contributed by atoms with Crippen molar-refractivity contribution in [2.45, 2.75) is 19.5 Å². The number of hydrogen-bond acceptors (Lipinski definition) is 5. The number of hydrogen-bond donors (Lipinski definition) is 3. The van der Waals surface area contributed by atoms with E-state index in [1.807, 2.05) is 19.1 Å². The fourth-order valence-electron chi connectivity index (χ4n) is 1.66. The third-order valence-corrected chi connectivity index (χ3v) is 3.67. The summed E-state index contributed by atoms with van der Waals surface area (Å²) in [6.07, 6.45) is 1.22. The van der Waals surface area contributed by atoms with Gasteiger partial charge in [0.2, 0.25) is 0 Å². The van der Waals surface area contributed by atoms with Crippen LogP contribution in [0.5, 0.6) is 0 Å². The number of rotatable bonds is 6. The van der Waals surface area contributed by atoms with E-state index in [1.54, 1.807) is 12.1 Å². The lowest BCUT2D eigenvalue weighted by Gasteiger charge is -2.12. The maximum atomic E-state index is 11.1. The number of nitrogens with one attached hydrogen (secondary N) is 1. The van der Waals surface area contributed by atoms with Crippen LogP contribution in [0.25, 0.3) is 0 Å². The second kappa shape index (κ2) is 6.53. The smallest absolute Gasteiger partial charge is 0.170 e. The Balaban J connectivity index is 2.55. The third kappa shape index (κ3) is 5.71.